The molecule has 1 aliphatic carbocycles. The molecule has 3 nitrogen and oxygen atoms in total. The van der Waals surface area contributed by atoms with Crippen LogP contribution in [0, 0.1) is 0 Å². The fraction of sp³-hybridized carbons (Fsp3) is 0.667. The van der Waals surface area contributed by atoms with Crippen LogP contribution in [0.15, 0.2) is 12.3 Å². The Labute approximate surface area is 101 Å². The molecule has 4 heteroatoms. The minimum Gasteiger partial charge on any atom is -0.369 e. The van der Waals surface area contributed by atoms with E-state index >= 15 is 0 Å². The molecule has 88 valence electrons. The van der Waals surface area contributed by atoms with Crippen molar-refractivity contribution in [2.45, 2.75) is 37.4 Å². The summed E-state index contributed by atoms with van der Waals surface area (Å²) in [5, 5.41) is 3.42. The van der Waals surface area contributed by atoms with Gasteiger partial charge in [0.2, 0.25) is 0 Å². The van der Waals surface area contributed by atoms with Crippen molar-refractivity contribution in [2.75, 3.05) is 18.1 Å². The van der Waals surface area contributed by atoms with E-state index in [-0.39, 0.29) is 0 Å². The van der Waals surface area contributed by atoms with Crippen LogP contribution in [0.4, 0.5) is 5.82 Å². The van der Waals surface area contributed by atoms with Gasteiger partial charge in [-0.25, -0.2) is 9.97 Å². The molecule has 0 bridgehead atoms. The molecule has 0 radical (unpaired) electrons. The molecule has 2 rings (SSSR count). The first-order chi connectivity index (χ1) is 7.65. The molecule has 1 saturated carbocycles. The van der Waals surface area contributed by atoms with Crippen LogP contribution < -0.4 is 5.32 Å². The highest BCUT2D eigenvalue weighted by atomic mass is 32.2. The van der Waals surface area contributed by atoms with Gasteiger partial charge < -0.3 is 5.32 Å². The second-order valence-electron chi connectivity index (χ2n) is 4.70. The molecule has 0 spiro atoms. The Morgan fingerprint density at radius 1 is 1.50 bits per heavy atom. The van der Waals surface area contributed by atoms with E-state index in [4.69, 9.17) is 0 Å². The average Bonchev–Trinajstić information content (AvgIpc) is 3.07. The number of anilines is 1. The molecule has 1 fully saturated rings. The Morgan fingerprint density at radius 2 is 2.25 bits per heavy atom. The molecule has 0 unspecified atom stereocenters. The number of thioether (sulfide) groups is 1. The highest BCUT2D eigenvalue weighted by Gasteiger charge is 2.41. The van der Waals surface area contributed by atoms with Crippen molar-refractivity contribution in [3.8, 4) is 0 Å². The van der Waals surface area contributed by atoms with Gasteiger partial charge in [-0.15, -0.1) is 0 Å². The number of hydrogen-bond acceptors (Lipinski definition) is 4. The van der Waals surface area contributed by atoms with Gasteiger partial charge in [0.15, 0.2) is 0 Å². The van der Waals surface area contributed by atoms with Crippen LogP contribution in [0.1, 0.15) is 38.4 Å². The first kappa shape index (κ1) is 11.7. The van der Waals surface area contributed by atoms with E-state index in [0.29, 0.717) is 10.7 Å². The Hall–Kier alpha value is -0.770. The molecule has 0 aromatic carbocycles. The molecule has 1 aromatic heterocycles. The maximum Gasteiger partial charge on any atom is 0.133 e. The predicted molar refractivity (Wildman–Crippen MR) is 70.1 cm³/mol. The Morgan fingerprint density at radius 3 is 2.81 bits per heavy atom. The SMILES string of the molecule is CSC1(CNc2ccnc(C(C)C)n2)CC1. The van der Waals surface area contributed by atoms with Crippen LogP contribution in [0.3, 0.4) is 0 Å². The van der Waals surface area contributed by atoms with Gasteiger partial charge in [0.25, 0.3) is 0 Å². The van der Waals surface area contributed by atoms with Gasteiger partial charge in [0.05, 0.1) is 0 Å². The standard InChI is InChI=1S/C12H19N3S/c1-9(2)11-13-7-4-10(15-11)14-8-12(16-3)5-6-12/h4,7,9H,5-6,8H2,1-3H3,(H,13,14,15). The molecule has 1 aromatic rings. The first-order valence-corrected chi connectivity index (χ1v) is 7.00. The molecule has 16 heavy (non-hydrogen) atoms. The van der Waals surface area contributed by atoms with Crippen molar-refractivity contribution < 1.29 is 0 Å². The van der Waals surface area contributed by atoms with E-state index in [9.17, 15) is 0 Å². The zero-order chi connectivity index (χ0) is 11.6. The highest BCUT2D eigenvalue weighted by molar-refractivity contribution is 8.00. The molecule has 0 aliphatic heterocycles. The summed E-state index contributed by atoms with van der Waals surface area (Å²) in [6.45, 7) is 5.25. The molecule has 0 saturated heterocycles. The van der Waals surface area contributed by atoms with Crippen LogP contribution in [-0.4, -0.2) is 27.5 Å². The molecular weight excluding hydrogens is 218 g/mol. The highest BCUT2D eigenvalue weighted by Crippen LogP contribution is 2.46. The van der Waals surface area contributed by atoms with Crippen molar-refractivity contribution in [3.05, 3.63) is 18.1 Å². The van der Waals surface area contributed by atoms with E-state index in [1.807, 2.05) is 24.0 Å². The number of nitrogens with one attached hydrogen (secondary N) is 1. The number of aromatic nitrogens is 2. The number of nitrogens with zero attached hydrogens (tertiary/aromatic N) is 2. The second-order valence-corrected chi connectivity index (χ2v) is 5.97. The van der Waals surface area contributed by atoms with Crippen LogP contribution >= 0.6 is 11.8 Å². The van der Waals surface area contributed by atoms with Gasteiger partial charge >= 0.3 is 0 Å². The van der Waals surface area contributed by atoms with Crippen molar-refractivity contribution in [1.29, 1.82) is 0 Å². The monoisotopic (exact) mass is 237 g/mol. The third-order valence-electron chi connectivity index (χ3n) is 3.02. The van der Waals surface area contributed by atoms with Crippen LogP contribution in [-0.2, 0) is 0 Å². The van der Waals surface area contributed by atoms with E-state index in [1.54, 1.807) is 0 Å². The average molecular weight is 237 g/mol. The van der Waals surface area contributed by atoms with E-state index in [0.717, 1.165) is 18.2 Å². The maximum atomic E-state index is 4.51. The van der Waals surface area contributed by atoms with E-state index in [2.05, 4.69) is 35.4 Å². The smallest absolute Gasteiger partial charge is 0.133 e. The topological polar surface area (TPSA) is 37.8 Å². The lowest BCUT2D eigenvalue weighted by Gasteiger charge is -2.14. The summed E-state index contributed by atoms with van der Waals surface area (Å²) in [6.07, 6.45) is 6.67. The van der Waals surface area contributed by atoms with Gasteiger partial charge in [-0.1, -0.05) is 13.8 Å². The Balaban J connectivity index is 1.96. The lowest BCUT2D eigenvalue weighted by atomic mass is 10.2. The lowest BCUT2D eigenvalue weighted by molar-refractivity contribution is 0.773. The summed E-state index contributed by atoms with van der Waals surface area (Å²) in [6, 6.07) is 1.95. The zero-order valence-electron chi connectivity index (χ0n) is 10.2. The van der Waals surface area contributed by atoms with Gasteiger partial charge in [-0.3, -0.25) is 0 Å². The summed E-state index contributed by atoms with van der Waals surface area (Å²) in [7, 11) is 0. The normalized spacial score (nSPS) is 17.5. The number of rotatable bonds is 5. The summed E-state index contributed by atoms with van der Waals surface area (Å²) < 4.78 is 0.475. The molecule has 1 heterocycles. The Bertz CT molecular complexity index is 361. The molecule has 1 aliphatic rings. The lowest BCUT2D eigenvalue weighted by Crippen LogP contribution is -2.18. The quantitative estimate of drug-likeness (QED) is 0.854. The minimum absolute atomic E-state index is 0.386. The van der Waals surface area contributed by atoms with Gasteiger partial charge in [-0.2, -0.15) is 11.8 Å². The fourth-order valence-electron chi connectivity index (χ4n) is 1.59. The van der Waals surface area contributed by atoms with Gasteiger partial charge in [-0.05, 0) is 25.2 Å². The van der Waals surface area contributed by atoms with Crippen molar-refractivity contribution in [1.82, 2.24) is 9.97 Å². The third-order valence-corrected chi connectivity index (χ3v) is 4.44. The second kappa shape index (κ2) is 4.62. The van der Waals surface area contributed by atoms with E-state index < -0.39 is 0 Å². The molecule has 1 N–H and O–H groups in total. The summed E-state index contributed by atoms with van der Waals surface area (Å²) in [5.41, 5.74) is 0. The zero-order valence-corrected chi connectivity index (χ0v) is 11.0. The minimum atomic E-state index is 0.386. The van der Waals surface area contributed by atoms with Gasteiger partial charge in [0, 0.05) is 23.4 Å². The van der Waals surface area contributed by atoms with E-state index in [1.165, 1.54) is 12.8 Å². The fourth-order valence-corrected chi connectivity index (χ4v) is 2.32. The predicted octanol–water partition coefficient (Wildman–Crippen LogP) is 2.91. The van der Waals surface area contributed by atoms with Crippen molar-refractivity contribution in [2.24, 2.45) is 0 Å². The molecule has 0 amide bonds. The summed E-state index contributed by atoms with van der Waals surface area (Å²) in [5.74, 6) is 2.26. The maximum absolute atomic E-state index is 4.51. The molecular formula is C12H19N3S. The van der Waals surface area contributed by atoms with Crippen LogP contribution in [0.25, 0.3) is 0 Å². The van der Waals surface area contributed by atoms with Crippen LogP contribution in [0.5, 0.6) is 0 Å². The third kappa shape index (κ3) is 2.67. The van der Waals surface area contributed by atoms with Gasteiger partial charge in [0.1, 0.15) is 11.6 Å². The summed E-state index contributed by atoms with van der Waals surface area (Å²) in [4.78, 5) is 8.77. The van der Waals surface area contributed by atoms with Crippen molar-refractivity contribution >= 4 is 17.6 Å². The Kier molecular flexibility index (Phi) is 3.38. The largest absolute Gasteiger partial charge is 0.369 e. The first-order valence-electron chi connectivity index (χ1n) is 5.77. The molecule has 0 atom stereocenters. The summed E-state index contributed by atoms with van der Waals surface area (Å²) >= 11 is 1.96. The number of hydrogen-bond donors (Lipinski definition) is 1. The van der Waals surface area contributed by atoms with Crippen molar-refractivity contribution in [3.63, 3.8) is 0 Å². The van der Waals surface area contributed by atoms with Crippen LogP contribution in [0.2, 0.25) is 0 Å².